The molecule has 0 radical (unpaired) electrons. The van der Waals surface area contributed by atoms with Gasteiger partial charge in [-0.25, -0.2) is 0 Å². The number of hydrogen-bond acceptors (Lipinski definition) is 5. The highest BCUT2D eigenvalue weighted by Crippen LogP contribution is 2.29. The monoisotopic (exact) mass is 279 g/mol. The van der Waals surface area contributed by atoms with Crippen molar-refractivity contribution in [2.24, 2.45) is 0 Å². The summed E-state index contributed by atoms with van der Waals surface area (Å²) in [4.78, 5) is 23.0. The molecular weight excluding hydrogens is 270 g/mol. The van der Waals surface area contributed by atoms with E-state index in [1.54, 1.807) is 30.3 Å². The van der Waals surface area contributed by atoms with Gasteiger partial charge in [-0.05, 0) is 12.1 Å². The maximum Gasteiger partial charge on any atom is 0.308 e. The highest BCUT2D eigenvalue weighted by molar-refractivity contribution is 8.26. The lowest BCUT2D eigenvalue weighted by Gasteiger charge is -2.05. The molecule has 0 saturated carbocycles. The van der Waals surface area contributed by atoms with Crippen molar-refractivity contribution in [3.63, 3.8) is 0 Å². The average molecular weight is 279 g/mol. The van der Waals surface area contributed by atoms with Gasteiger partial charge in [-0.3, -0.25) is 9.59 Å². The lowest BCUT2D eigenvalue weighted by atomic mass is 10.2. The number of ether oxygens (including phenoxy) is 1. The van der Waals surface area contributed by atoms with Crippen LogP contribution in [-0.2, 0) is 9.59 Å². The number of esters is 1. The summed E-state index contributed by atoms with van der Waals surface area (Å²) in [7, 11) is 0. The molecular formula is C12H9NO3S2. The topological polar surface area (TPSA) is 55.4 Å². The van der Waals surface area contributed by atoms with Crippen molar-refractivity contribution in [1.82, 2.24) is 5.32 Å². The Morgan fingerprint density at radius 2 is 2.17 bits per heavy atom. The second kappa shape index (κ2) is 5.32. The SMILES string of the molecule is CC(=O)Oc1ccccc1/C=C1\SC(=S)NC1=O. The van der Waals surface area contributed by atoms with Crippen molar-refractivity contribution in [3.05, 3.63) is 34.7 Å². The highest BCUT2D eigenvalue weighted by Gasteiger charge is 2.22. The first-order chi connectivity index (χ1) is 8.56. The van der Waals surface area contributed by atoms with Gasteiger partial charge in [0, 0.05) is 12.5 Å². The zero-order chi connectivity index (χ0) is 13.1. The van der Waals surface area contributed by atoms with Crippen LogP contribution in [-0.4, -0.2) is 16.2 Å². The van der Waals surface area contributed by atoms with Gasteiger partial charge in [-0.1, -0.05) is 42.2 Å². The second-order valence-corrected chi connectivity index (χ2v) is 5.20. The van der Waals surface area contributed by atoms with E-state index in [1.807, 2.05) is 0 Å². The Kier molecular flexibility index (Phi) is 3.78. The molecule has 1 heterocycles. The van der Waals surface area contributed by atoms with E-state index in [0.29, 0.717) is 20.5 Å². The molecule has 1 saturated heterocycles. The molecule has 1 fully saturated rings. The van der Waals surface area contributed by atoms with E-state index < -0.39 is 5.97 Å². The first-order valence-corrected chi connectivity index (χ1v) is 6.31. The number of rotatable bonds is 2. The van der Waals surface area contributed by atoms with E-state index in [4.69, 9.17) is 17.0 Å². The van der Waals surface area contributed by atoms with E-state index >= 15 is 0 Å². The summed E-state index contributed by atoms with van der Waals surface area (Å²) in [5.74, 6) is -0.216. The van der Waals surface area contributed by atoms with Crippen LogP contribution >= 0.6 is 24.0 Å². The van der Waals surface area contributed by atoms with Crippen LogP contribution in [0, 0.1) is 0 Å². The molecule has 0 atom stereocenters. The Hall–Kier alpha value is -1.66. The van der Waals surface area contributed by atoms with Crippen molar-refractivity contribution in [3.8, 4) is 5.75 Å². The molecule has 6 heteroatoms. The molecule has 0 aromatic heterocycles. The molecule has 92 valence electrons. The van der Waals surface area contributed by atoms with E-state index in [9.17, 15) is 9.59 Å². The predicted octanol–water partition coefficient (Wildman–Crippen LogP) is 2.10. The Morgan fingerprint density at radius 1 is 1.44 bits per heavy atom. The van der Waals surface area contributed by atoms with Gasteiger partial charge in [0.1, 0.15) is 10.1 Å². The molecule has 1 aliphatic rings. The van der Waals surface area contributed by atoms with Crippen molar-refractivity contribution < 1.29 is 14.3 Å². The fourth-order valence-electron chi connectivity index (χ4n) is 1.41. The molecule has 18 heavy (non-hydrogen) atoms. The van der Waals surface area contributed by atoms with Gasteiger partial charge in [0.15, 0.2) is 0 Å². The Balaban J connectivity index is 2.34. The van der Waals surface area contributed by atoms with Gasteiger partial charge >= 0.3 is 5.97 Å². The number of thioether (sulfide) groups is 1. The van der Waals surface area contributed by atoms with Gasteiger partial charge in [-0.2, -0.15) is 0 Å². The van der Waals surface area contributed by atoms with Crippen LogP contribution in [0.3, 0.4) is 0 Å². The number of nitrogens with one attached hydrogen (secondary N) is 1. The minimum Gasteiger partial charge on any atom is -0.426 e. The molecule has 2 rings (SSSR count). The zero-order valence-electron chi connectivity index (χ0n) is 9.43. The molecule has 1 aliphatic heterocycles. The Morgan fingerprint density at radius 3 is 2.78 bits per heavy atom. The van der Waals surface area contributed by atoms with E-state index in [1.165, 1.54) is 18.7 Å². The standard InChI is InChI=1S/C12H9NO3S2/c1-7(14)16-9-5-3-2-4-8(9)6-10-11(15)13-12(17)18-10/h2-6H,1H3,(H,13,15,17)/b10-6-. The summed E-state index contributed by atoms with van der Waals surface area (Å²) in [6.07, 6.45) is 1.65. The second-order valence-electron chi connectivity index (χ2n) is 3.48. The lowest BCUT2D eigenvalue weighted by molar-refractivity contribution is -0.131. The molecule has 4 nitrogen and oxygen atoms in total. The summed E-state index contributed by atoms with van der Waals surface area (Å²) < 4.78 is 5.49. The molecule has 0 spiro atoms. The first-order valence-electron chi connectivity index (χ1n) is 5.08. The maximum absolute atomic E-state index is 11.5. The number of amides is 1. The predicted molar refractivity (Wildman–Crippen MR) is 74.1 cm³/mol. The Bertz CT molecular complexity index is 566. The van der Waals surface area contributed by atoms with Crippen LogP contribution in [0.4, 0.5) is 0 Å². The molecule has 0 aliphatic carbocycles. The molecule has 1 N–H and O–H groups in total. The largest absolute Gasteiger partial charge is 0.426 e. The maximum atomic E-state index is 11.5. The molecule has 1 aromatic rings. The quantitative estimate of drug-likeness (QED) is 0.389. The zero-order valence-corrected chi connectivity index (χ0v) is 11.1. The van der Waals surface area contributed by atoms with E-state index in [0.717, 1.165) is 0 Å². The molecule has 1 amide bonds. The van der Waals surface area contributed by atoms with Crippen LogP contribution in [0.1, 0.15) is 12.5 Å². The third-order valence-electron chi connectivity index (χ3n) is 2.10. The average Bonchev–Trinajstić information content (AvgIpc) is 2.59. The number of carbonyl (C=O) groups is 2. The molecule has 0 bridgehead atoms. The van der Waals surface area contributed by atoms with Crippen LogP contribution < -0.4 is 10.1 Å². The van der Waals surface area contributed by atoms with Gasteiger partial charge < -0.3 is 10.1 Å². The smallest absolute Gasteiger partial charge is 0.308 e. The van der Waals surface area contributed by atoms with Gasteiger partial charge in [0.2, 0.25) is 0 Å². The van der Waals surface area contributed by atoms with E-state index in [-0.39, 0.29) is 5.91 Å². The third-order valence-corrected chi connectivity index (χ3v) is 3.26. The van der Waals surface area contributed by atoms with Crippen LogP contribution in [0.5, 0.6) is 5.75 Å². The third kappa shape index (κ3) is 2.96. The van der Waals surface area contributed by atoms with Crippen molar-refractivity contribution in [1.29, 1.82) is 0 Å². The summed E-state index contributed by atoms with van der Waals surface area (Å²) >= 11 is 6.08. The van der Waals surface area contributed by atoms with E-state index in [2.05, 4.69) is 5.32 Å². The highest BCUT2D eigenvalue weighted by atomic mass is 32.2. The number of carbonyl (C=O) groups excluding carboxylic acids is 2. The van der Waals surface area contributed by atoms with Crippen molar-refractivity contribution in [2.75, 3.05) is 0 Å². The molecule has 0 unspecified atom stereocenters. The minimum atomic E-state index is -0.403. The number of para-hydroxylation sites is 1. The van der Waals surface area contributed by atoms with Crippen LogP contribution in [0.15, 0.2) is 29.2 Å². The summed E-state index contributed by atoms with van der Waals surface area (Å²) in [5.41, 5.74) is 0.662. The fourth-order valence-corrected chi connectivity index (χ4v) is 2.44. The lowest BCUT2D eigenvalue weighted by Crippen LogP contribution is -2.17. The van der Waals surface area contributed by atoms with Crippen LogP contribution in [0.25, 0.3) is 6.08 Å². The first kappa shape index (κ1) is 12.8. The summed E-state index contributed by atoms with van der Waals surface area (Å²) in [5, 5.41) is 2.53. The number of benzene rings is 1. The Labute approximate surface area is 113 Å². The van der Waals surface area contributed by atoms with Gasteiger partial charge in [-0.15, -0.1) is 0 Å². The number of hydrogen-bond donors (Lipinski definition) is 1. The van der Waals surface area contributed by atoms with Gasteiger partial charge in [0.05, 0.1) is 4.91 Å². The van der Waals surface area contributed by atoms with Gasteiger partial charge in [0.25, 0.3) is 5.91 Å². The normalized spacial score (nSPS) is 16.8. The summed E-state index contributed by atoms with van der Waals surface area (Å²) in [6, 6.07) is 6.99. The van der Waals surface area contributed by atoms with Crippen molar-refractivity contribution >= 4 is 46.3 Å². The van der Waals surface area contributed by atoms with Crippen LogP contribution in [0.2, 0.25) is 0 Å². The molecule has 1 aromatic carbocycles. The number of thiocarbonyl (C=S) groups is 1. The minimum absolute atomic E-state index is 0.234. The summed E-state index contributed by atoms with van der Waals surface area (Å²) in [6.45, 7) is 1.33. The fraction of sp³-hybridized carbons (Fsp3) is 0.0833. The van der Waals surface area contributed by atoms with Crippen molar-refractivity contribution in [2.45, 2.75) is 6.92 Å².